The third-order valence-corrected chi connectivity index (χ3v) is 9.35. The van der Waals surface area contributed by atoms with Gasteiger partial charge in [0.25, 0.3) is 0 Å². The van der Waals surface area contributed by atoms with E-state index in [9.17, 15) is 9.59 Å². The molecule has 11 nitrogen and oxygen atoms in total. The zero-order valence-electron chi connectivity index (χ0n) is 24.6. The molecule has 5 aliphatic rings. The molecular formula is C30H47N9O2. The second-order valence-corrected chi connectivity index (χ2v) is 12.1. The summed E-state index contributed by atoms with van der Waals surface area (Å²) < 4.78 is 0. The Hall–Kier alpha value is -2.70. The number of likely N-dealkylation sites (N-methyl/N-ethyl adjacent to an activating group) is 1. The molecule has 1 aromatic rings. The monoisotopic (exact) mass is 565 g/mol. The molecule has 0 saturated carbocycles. The van der Waals surface area contributed by atoms with Crippen molar-refractivity contribution in [3.63, 3.8) is 0 Å². The van der Waals surface area contributed by atoms with Crippen LogP contribution >= 0.6 is 0 Å². The van der Waals surface area contributed by atoms with E-state index >= 15 is 0 Å². The number of allylic oxidation sites excluding steroid dienone is 1. The second kappa shape index (κ2) is 12.7. The average molecular weight is 566 g/mol. The first-order valence-corrected chi connectivity index (χ1v) is 15.6. The average Bonchev–Trinajstić information content (AvgIpc) is 3.25. The number of carbonyl (C=O) groups excluding carboxylic acids is 2. The molecule has 0 spiro atoms. The third kappa shape index (κ3) is 6.24. The fourth-order valence-corrected chi connectivity index (χ4v) is 7.00. The minimum absolute atomic E-state index is 0.00887. The summed E-state index contributed by atoms with van der Waals surface area (Å²) in [6.07, 6.45) is 9.82. The number of anilines is 2. The molecule has 224 valence electrons. The lowest BCUT2D eigenvalue weighted by Gasteiger charge is -2.46. The van der Waals surface area contributed by atoms with Crippen LogP contribution in [0.4, 0.5) is 11.4 Å². The largest absolute Gasteiger partial charge is 0.369 e. The molecule has 1 aromatic carbocycles. The Morgan fingerprint density at radius 3 is 2.49 bits per heavy atom. The van der Waals surface area contributed by atoms with E-state index in [1.807, 2.05) is 9.91 Å². The van der Waals surface area contributed by atoms with Crippen LogP contribution in [0.2, 0.25) is 0 Å². The van der Waals surface area contributed by atoms with Crippen molar-refractivity contribution >= 4 is 23.2 Å². The van der Waals surface area contributed by atoms with Crippen LogP contribution < -0.4 is 26.2 Å². The molecule has 0 aromatic heterocycles. The molecular weight excluding hydrogens is 518 g/mol. The molecule has 5 aliphatic heterocycles. The highest BCUT2D eigenvalue weighted by Crippen LogP contribution is 2.32. The lowest BCUT2D eigenvalue weighted by Crippen LogP contribution is -2.69. The number of hydrogen-bond donors (Lipinski definition) is 4. The topological polar surface area (TPSA) is 98.5 Å². The van der Waals surface area contributed by atoms with Crippen LogP contribution in [0.1, 0.15) is 45.4 Å². The van der Waals surface area contributed by atoms with Crippen molar-refractivity contribution in [2.45, 2.75) is 70.2 Å². The van der Waals surface area contributed by atoms with Gasteiger partial charge >= 0.3 is 0 Å². The van der Waals surface area contributed by atoms with Gasteiger partial charge in [0.05, 0.1) is 31.0 Å². The molecule has 4 saturated heterocycles. The molecule has 2 amide bonds. The van der Waals surface area contributed by atoms with Crippen molar-refractivity contribution in [2.75, 3.05) is 63.1 Å². The Morgan fingerprint density at radius 2 is 1.71 bits per heavy atom. The summed E-state index contributed by atoms with van der Waals surface area (Å²) in [5.41, 5.74) is 2.29. The number of hydrazine groups is 1. The summed E-state index contributed by atoms with van der Waals surface area (Å²) in [5, 5.41) is 18.8. The maximum atomic E-state index is 13.7. The summed E-state index contributed by atoms with van der Waals surface area (Å²) >= 11 is 0. The number of hydrogen-bond acceptors (Lipinski definition) is 9. The predicted molar refractivity (Wildman–Crippen MR) is 160 cm³/mol. The standard InChI is InChI=1S/C30H47N9O2/c1-22(40)37-15-6-4-3-5-7-16-38-29(41)25-21-31-30(34-28(25)39(38)27-10-8-9-26(37)33-27)32-23-11-13-24(14-12-23)36-19-17-35(2)18-20-36/h5,7,11-14,25-28,30-34H,3-4,6,8-10,15-21H2,1-2H3/b7-5+. The van der Waals surface area contributed by atoms with Crippen LogP contribution in [0.15, 0.2) is 36.4 Å². The molecule has 11 heteroatoms. The van der Waals surface area contributed by atoms with Crippen LogP contribution in [-0.2, 0) is 9.59 Å². The van der Waals surface area contributed by atoms with E-state index in [2.05, 4.69) is 79.5 Å². The minimum atomic E-state index is -0.181. The summed E-state index contributed by atoms with van der Waals surface area (Å²) in [6, 6.07) is 8.67. The van der Waals surface area contributed by atoms with Gasteiger partial charge in [-0.15, -0.1) is 0 Å². The highest BCUT2D eigenvalue weighted by Gasteiger charge is 2.52. The predicted octanol–water partition coefficient (Wildman–Crippen LogP) is 1.34. The number of rotatable bonds is 3. The van der Waals surface area contributed by atoms with Gasteiger partial charge in [-0.1, -0.05) is 12.2 Å². The number of carbonyl (C=O) groups is 2. The molecule has 5 atom stereocenters. The van der Waals surface area contributed by atoms with Gasteiger partial charge in [0.15, 0.2) is 0 Å². The molecule has 5 unspecified atom stereocenters. The number of piperidine rings is 1. The van der Waals surface area contributed by atoms with E-state index in [0.29, 0.717) is 13.1 Å². The lowest BCUT2D eigenvalue weighted by atomic mass is 10.0. The molecule has 6 rings (SSSR count). The highest BCUT2D eigenvalue weighted by molar-refractivity contribution is 5.82. The number of benzene rings is 1. The van der Waals surface area contributed by atoms with Gasteiger partial charge in [-0.25, -0.2) is 0 Å². The first-order valence-electron chi connectivity index (χ1n) is 15.6. The number of fused-ring (bicyclic) bond motifs is 6. The molecule has 4 fully saturated rings. The number of nitrogens with one attached hydrogen (secondary N) is 4. The van der Waals surface area contributed by atoms with Crippen molar-refractivity contribution in [1.82, 2.24) is 35.8 Å². The molecule has 5 heterocycles. The second-order valence-electron chi connectivity index (χ2n) is 12.1. The zero-order valence-corrected chi connectivity index (χ0v) is 24.6. The van der Waals surface area contributed by atoms with Crippen LogP contribution in [0.25, 0.3) is 0 Å². The number of nitrogens with zero attached hydrogens (tertiary/aromatic N) is 5. The Balaban J connectivity index is 1.17. The first kappa shape index (κ1) is 28.4. The zero-order chi connectivity index (χ0) is 28.3. The smallest absolute Gasteiger partial charge is 0.244 e. The molecule has 41 heavy (non-hydrogen) atoms. The van der Waals surface area contributed by atoms with E-state index in [4.69, 9.17) is 0 Å². The van der Waals surface area contributed by atoms with Crippen molar-refractivity contribution < 1.29 is 9.59 Å². The summed E-state index contributed by atoms with van der Waals surface area (Å²) in [5.74, 6) is 0.0839. The lowest BCUT2D eigenvalue weighted by molar-refractivity contribution is -0.148. The summed E-state index contributed by atoms with van der Waals surface area (Å²) in [6.45, 7) is 7.88. The molecule has 2 bridgehead atoms. The normalized spacial score (nSPS) is 32.8. The highest BCUT2D eigenvalue weighted by atomic mass is 16.2. The van der Waals surface area contributed by atoms with Gasteiger partial charge in [0, 0.05) is 57.6 Å². The quantitative estimate of drug-likeness (QED) is 0.405. The third-order valence-electron chi connectivity index (χ3n) is 9.35. The summed E-state index contributed by atoms with van der Waals surface area (Å²) in [4.78, 5) is 33.1. The van der Waals surface area contributed by atoms with Crippen molar-refractivity contribution in [3.8, 4) is 0 Å². The maximum Gasteiger partial charge on any atom is 0.244 e. The Kier molecular flexibility index (Phi) is 8.78. The van der Waals surface area contributed by atoms with Crippen molar-refractivity contribution in [1.29, 1.82) is 0 Å². The van der Waals surface area contributed by atoms with Crippen molar-refractivity contribution in [3.05, 3.63) is 36.4 Å². The van der Waals surface area contributed by atoms with E-state index in [0.717, 1.165) is 76.9 Å². The van der Waals surface area contributed by atoms with Gasteiger partial charge in [-0.05, 0) is 69.8 Å². The fraction of sp³-hybridized carbons (Fsp3) is 0.667. The van der Waals surface area contributed by atoms with Crippen molar-refractivity contribution in [2.24, 2.45) is 5.92 Å². The molecule has 4 N–H and O–H groups in total. The SMILES string of the molecule is CC(=O)N1CCCC/C=C/CN2C(=O)C3CNC(Nc4ccc(N5CCN(C)CC5)cc4)NC3N2C2CCCC1N2. The fourth-order valence-electron chi connectivity index (χ4n) is 7.00. The Morgan fingerprint density at radius 1 is 0.927 bits per heavy atom. The van der Waals surface area contributed by atoms with Gasteiger partial charge < -0.3 is 20.0 Å². The van der Waals surface area contributed by atoms with E-state index in [-0.39, 0.29) is 42.5 Å². The van der Waals surface area contributed by atoms with Crippen LogP contribution in [0.5, 0.6) is 0 Å². The molecule has 0 aliphatic carbocycles. The number of piperazine rings is 1. The Bertz CT molecular complexity index is 1090. The number of amides is 2. The van der Waals surface area contributed by atoms with Crippen LogP contribution in [-0.4, -0.2) is 109 Å². The maximum absolute atomic E-state index is 13.7. The van der Waals surface area contributed by atoms with Crippen LogP contribution in [0, 0.1) is 5.92 Å². The van der Waals surface area contributed by atoms with Gasteiger partial charge in [0.1, 0.15) is 6.29 Å². The Labute approximate surface area is 244 Å². The van der Waals surface area contributed by atoms with Crippen LogP contribution in [0.3, 0.4) is 0 Å². The van der Waals surface area contributed by atoms with Gasteiger partial charge in [-0.2, -0.15) is 5.01 Å². The summed E-state index contributed by atoms with van der Waals surface area (Å²) in [7, 11) is 2.18. The van der Waals surface area contributed by atoms with Gasteiger partial charge in [0.2, 0.25) is 11.8 Å². The first-order chi connectivity index (χ1) is 20.0. The minimum Gasteiger partial charge on any atom is -0.369 e. The van der Waals surface area contributed by atoms with E-state index in [1.165, 1.54) is 5.69 Å². The molecule has 0 radical (unpaired) electrons. The van der Waals surface area contributed by atoms with E-state index < -0.39 is 0 Å². The van der Waals surface area contributed by atoms with Gasteiger partial charge in [-0.3, -0.25) is 30.5 Å². The van der Waals surface area contributed by atoms with E-state index in [1.54, 1.807) is 6.92 Å².